The molecule has 5 nitrogen and oxygen atoms in total. The molecule has 1 unspecified atom stereocenters. The molecule has 1 aromatic heterocycles. The van der Waals surface area contributed by atoms with Gasteiger partial charge in [-0.05, 0) is 30.3 Å². The van der Waals surface area contributed by atoms with Gasteiger partial charge < -0.3 is 10.1 Å². The Morgan fingerprint density at radius 2 is 2.00 bits per heavy atom. The summed E-state index contributed by atoms with van der Waals surface area (Å²) in [5, 5.41) is 9.73. The van der Waals surface area contributed by atoms with E-state index < -0.39 is 12.0 Å². The number of aromatic amines is 1. The minimum Gasteiger partial charge on any atom is -0.480 e. The van der Waals surface area contributed by atoms with Crippen molar-refractivity contribution in [2.24, 2.45) is 5.92 Å². The van der Waals surface area contributed by atoms with Crippen molar-refractivity contribution in [1.29, 1.82) is 0 Å². The lowest BCUT2D eigenvalue weighted by atomic mass is 10.0. The smallest absolute Gasteiger partial charge is 0.327 e. The van der Waals surface area contributed by atoms with E-state index in [4.69, 9.17) is 12.2 Å². The lowest BCUT2D eigenvalue weighted by Crippen LogP contribution is -2.34. The van der Waals surface area contributed by atoms with Gasteiger partial charge in [0.1, 0.15) is 6.04 Å². The Morgan fingerprint density at radius 3 is 2.58 bits per heavy atom. The Labute approximate surface area is 114 Å². The summed E-state index contributed by atoms with van der Waals surface area (Å²) >= 11 is 5.13. The molecule has 2 N–H and O–H groups in total. The summed E-state index contributed by atoms with van der Waals surface area (Å²) in [6, 6.07) is 5.94. The molecular weight excluding hydrogens is 264 g/mol. The number of rotatable bonds is 3. The third-order valence-electron chi connectivity index (χ3n) is 3.00. The van der Waals surface area contributed by atoms with E-state index in [-0.39, 0.29) is 16.2 Å². The average Bonchev–Trinajstić information content (AvgIpc) is 2.33. The van der Waals surface area contributed by atoms with E-state index in [9.17, 15) is 14.7 Å². The topological polar surface area (TPSA) is 75.1 Å². The van der Waals surface area contributed by atoms with Crippen LogP contribution in [-0.4, -0.2) is 20.6 Å². The van der Waals surface area contributed by atoms with Gasteiger partial charge in [0.25, 0.3) is 5.56 Å². The molecule has 0 aliphatic carbocycles. The van der Waals surface area contributed by atoms with Crippen molar-refractivity contribution in [3.05, 3.63) is 39.4 Å². The van der Waals surface area contributed by atoms with Gasteiger partial charge in [-0.2, -0.15) is 0 Å². The van der Waals surface area contributed by atoms with E-state index >= 15 is 0 Å². The molecule has 0 saturated heterocycles. The number of aromatic nitrogens is 2. The first-order chi connectivity index (χ1) is 8.93. The molecule has 19 heavy (non-hydrogen) atoms. The van der Waals surface area contributed by atoms with Crippen LogP contribution in [0.25, 0.3) is 10.9 Å². The van der Waals surface area contributed by atoms with Crippen LogP contribution in [0.1, 0.15) is 19.9 Å². The van der Waals surface area contributed by atoms with Crippen LogP contribution in [0.2, 0.25) is 0 Å². The summed E-state index contributed by atoms with van der Waals surface area (Å²) in [4.78, 5) is 26.7. The highest BCUT2D eigenvalue weighted by Gasteiger charge is 2.26. The number of H-pyrrole nitrogens is 1. The molecule has 0 radical (unpaired) electrons. The molecule has 100 valence electrons. The molecular formula is C13H14N2O3S. The van der Waals surface area contributed by atoms with E-state index in [0.29, 0.717) is 10.9 Å². The van der Waals surface area contributed by atoms with Crippen molar-refractivity contribution in [3.8, 4) is 0 Å². The van der Waals surface area contributed by atoms with Crippen LogP contribution in [0, 0.1) is 10.7 Å². The highest BCUT2D eigenvalue weighted by Crippen LogP contribution is 2.18. The Balaban J connectivity index is 2.84. The fourth-order valence-electron chi connectivity index (χ4n) is 2.12. The number of carboxylic acid groups (broad SMARTS) is 1. The summed E-state index contributed by atoms with van der Waals surface area (Å²) < 4.78 is 1.27. The van der Waals surface area contributed by atoms with Gasteiger partial charge in [0.05, 0.1) is 10.9 Å². The summed E-state index contributed by atoms with van der Waals surface area (Å²) in [5.41, 5.74) is 0.238. The van der Waals surface area contributed by atoms with Gasteiger partial charge in [-0.3, -0.25) is 9.36 Å². The zero-order valence-corrected chi connectivity index (χ0v) is 11.4. The van der Waals surface area contributed by atoms with Gasteiger partial charge >= 0.3 is 5.97 Å². The number of nitrogens with one attached hydrogen (secondary N) is 1. The molecule has 1 aromatic carbocycles. The van der Waals surface area contributed by atoms with Crippen LogP contribution in [0.15, 0.2) is 29.1 Å². The molecule has 2 aromatic rings. The fourth-order valence-corrected chi connectivity index (χ4v) is 2.43. The maximum atomic E-state index is 12.4. The van der Waals surface area contributed by atoms with Gasteiger partial charge in [-0.15, -0.1) is 0 Å². The number of hydrogen-bond acceptors (Lipinski definition) is 3. The third-order valence-corrected chi connectivity index (χ3v) is 3.30. The van der Waals surface area contributed by atoms with E-state index in [0.717, 1.165) is 4.57 Å². The quantitative estimate of drug-likeness (QED) is 0.845. The minimum atomic E-state index is -1.06. The van der Waals surface area contributed by atoms with Gasteiger partial charge in [0, 0.05) is 0 Å². The second kappa shape index (κ2) is 4.97. The number of fused-ring (bicyclic) bond motifs is 1. The fraction of sp³-hybridized carbons (Fsp3) is 0.308. The Kier molecular flexibility index (Phi) is 3.53. The highest BCUT2D eigenvalue weighted by atomic mass is 32.1. The second-order valence-electron chi connectivity index (χ2n) is 4.68. The molecule has 1 atom stereocenters. The van der Waals surface area contributed by atoms with Crippen molar-refractivity contribution in [2.45, 2.75) is 19.9 Å². The normalized spacial score (nSPS) is 12.8. The van der Waals surface area contributed by atoms with Crippen LogP contribution in [-0.2, 0) is 4.79 Å². The lowest BCUT2D eigenvalue weighted by Gasteiger charge is -2.19. The molecule has 6 heteroatoms. The minimum absolute atomic E-state index is 0.129. The molecule has 0 aliphatic heterocycles. The maximum absolute atomic E-state index is 12.4. The Hall–Kier alpha value is -1.95. The molecule has 0 spiro atoms. The van der Waals surface area contributed by atoms with Crippen LogP contribution in [0.4, 0.5) is 0 Å². The first-order valence-corrected chi connectivity index (χ1v) is 6.30. The van der Waals surface area contributed by atoms with Crippen molar-refractivity contribution in [2.75, 3.05) is 0 Å². The van der Waals surface area contributed by atoms with Gasteiger partial charge in [-0.1, -0.05) is 26.0 Å². The highest BCUT2D eigenvalue weighted by molar-refractivity contribution is 7.71. The van der Waals surface area contributed by atoms with Crippen molar-refractivity contribution >= 4 is 29.1 Å². The second-order valence-corrected chi connectivity index (χ2v) is 5.06. The molecule has 2 rings (SSSR count). The predicted molar refractivity (Wildman–Crippen MR) is 74.9 cm³/mol. The van der Waals surface area contributed by atoms with E-state index in [1.807, 2.05) is 0 Å². The number of aliphatic carboxylic acids is 1. The molecule has 0 fully saturated rings. The van der Waals surface area contributed by atoms with E-state index in [1.165, 1.54) is 0 Å². The number of hydrogen-bond donors (Lipinski definition) is 2. The standard InChI is InChI=1S/C13H14N2O3S/c1-7(2)10(12(17)18)15-11(16)8-5-3-4-6-9(8)14-13(15)19/h3-7,10H,1-2H3,(H,14,19)(H,17,18). The van der Waals surface area contributed by atoms with Gasteiger partial charge in [-0.25, -0.2) is 4.79 Å². The van der Waals surface area contributed by atoms with Crippen molar-refractivity contribution in [1.82, 2.24) is 9.55 Å². The number of carboxylic acids is 1. The van der Waals surface area contributed by atoms with Crippen LogP contribution in [0.3, 0.4) is 0 Å². The van der Waals surface area contributed by atoms with Crippen LogP contribution >= 0.6 is 12.2 Å². The Bertz CT molecular complexity index is 745. The summed E-state index contributed by atoms with van der Waals surface area (Å²) in [7, 11) is 0. The van der Waals surface area contributed by atoms with Gasteiger partial charge in [0.15, 0.2) is 4.77 Å². The molecule has 0 saturated carbocycles. The van der Waals surface area contributed by atoms with E-state index in [2.05, 4.69) is 4.98 Å². The first-order valence-electron chi connectivity index (χ1n) is 5.90. The lowest BCUT2D eigenvalue weighted by molar-refractivity contribution is -0.142. The molecule has 0 bridgehead atoms. The number of benzene rings is 1. The zero-order chi connectivity index (χ0) is 14.2. The monoisotopic (exact) mass is 278 g/mol. The largest absolute Gasteiger partial charge is 0.480 e. The van der Waals surface area contributed by atoms with Crippen LogP contribution in [0.5, 0.6) is 0 Å². The maximum Gasteiger partial charge on any atom is 0.327 e. The van der Waals surface area contributed by atoms with Crippen molar-refractivity contribution in [3.63, 3.8) is 0 Å². The SMILES string of the molecule is CC(C)C(C(=O)O)n1c(=S)[nH]c2ccccc2c1=O. The number of carbonyl (C=O) groups is 1. The number of nitrogens with zero attached hydrogens (tertiary/aromatic N) is 1. The summed E-state index contributed by atoms with van der Waals surface area (Å²) in [6.45, 7) is 3.49. The van der Waals surface area contributed by atoms with Gasteiger partial charge in [0.2, 0.25) is 0 Å². The zero-order valence-electron chi connectivity index (χ0n) is 10.6. The van der Waals surface area contributed by atoms with Crippen molar-refractivity contribution < 1.29 is 9.90 Å². The average molecular weight is 278 g/mol. The first kappa shape index (κ1) is 13.5. The molecule has 0 aliphatic rings. The molecule has 1 heterocycles. The predicted octanol–water partition coefficient (Wildman–Crippen LogP) is 2.34. The Morgan fingerprint density at radius 1 is 1.37 bits per heavy atom. The molecule has 0 amide bonds. The summed E-state index contributed by atoms with van der Waals surface area (Å²) in [5.74, 6) is -1.31. The summed E-state index contributed by atoms with van der Waals surface area (Å²) in [6.07, 6.45) is 0. The van der Waals surface area contributed by atoms with Crippen LogP contribution < -0.4 is 5.56 Å². The number of para-hydroxylation sites is 1. The van der Waals surface area contributed by atoms with E-state index in [1.54, 1.807) is 38.1 Å². The third kappa shape index (κ3) is 2.31.